The fraction of sp³-hybridized carbons (Fsp3) is 0.714. The van der Waals surface area contributed by atoms with Crippen LogP contribution in [0.3, 0.4) is 0 Å². The molecular weight excluding hydrogens is 132 g/mol. The molecule has 0 radical (unpaired) electrons. The lowest BCUT2D eigenvalue weighted by Crippen LogP contribution is -2.29. The summed E-state index contributed by atoms with van der Waals surface area (Å²) in [5, 5.41) is 17.8. The number of aliphatic hydroxyl groups excluding tert-OH is 2. The van der Waals surface area contributed by atoms with Crippen molar-refractivity contribution >= 4 is 0 Å². The van der Waals surface area contributed by atoms with Crippen LogP contribution in [-0.4, -0.2) is 29.0 Å². The molecule has 1 rings (SSSR count). The van der Waals surface area contributed by atoms with Gasteiger partial charge in [0.2, 0.25) is 0 Å². The summed E-state index contributed by atoms with van der Waals surface area (Å²) in [6.07, 6.45) is 1.68. The number of rotatable bonds is 1. The quantitative estimate of drug-likeness (QED) is 0.546. The van der Waals surface area contributed by atoms with Crippen LogP contribution in [0.25, 0.3) is 0 Å². The Morgan fingerprint density at radius 3 is 3.00 bits per heavy atom. The number of aliphatic hydroxyl groups is 2. The highest BCUT2D eigenvalue weighted by molar-refractivity contribution is 4.99. The Morgan fingerprint density at radius 1 is 1.80 bits per heavy atom. The molecule has 0 amide bonds. The highest BCUT2D eigenvalue weighted by atomic mass is 16.5. The van der Waals surface area contributed by atoms with Gasteiger partial charge in [-0.1, -0.05) is 0 Å². The van der Waals surface area contributed by atoms with Gasteiger partial charge in [-0.2, -0.15) is 0 Å². The number of ether oxygens (including phenoxy) is 1. The molecule has 0 bridgehead atoms. The molecule has 3 nitrogen and oxygen atoms in total. The van der Waals surface area contributed by atoms with Crippen LogP contribution >= 0.6 is 0 Å². The van der Waals surface area contributed by atoms with Gasteiger partial charge >= 0.3 is 0 Å². The van der Waals surface area contributed by atoms with Crippen molar-refractivity contribution in [2.45, 2.75) is 25.6 Å². The van der Waals surface area contributed by atoms with E-state index in [0.717, 1.165) is 0 Å². The lowest BCUT2D eigenvalue weighted by Gasteiger charge is -2.25. The van der Waals surface area contributed by atoms with Gasteiger partial charge < -0.3 is 14.9 Å². The van der Waals surface area contributed by atoms with Crippen molar-refractivity contribution in [2.24, 2.45) is 0 Å². The van der Waals surface area contributed by atoms with Crippen LogP contribution in [0.2, 0.25) is 0 Å². The van der Waals surface area contributed by atoms with E-state index in [1.807, 2.05) is 0 Å². The standard InChI is InChI=1S/C7H12O3/c1-5-7(9)3-2-6(4-8)10-5/h2,5,7-9H,3-4H2,1H3/t5-,7-/m1/s1. The zero-order valence-corrected chi connectivity index (χ0v) is 5.95. The van der Waals surface area contributed by atoms with Crippen molar-refractivity contribution in [3.05, 3.63) is 11.8 Å². The molecule has 3 heteroatoms. The van der Waals surface area contributed by atoms with Gasteiger partial charge in [-0.05, 0) is 19.4 Å². The normalized spacial score (nSPS) is 32.9. The Bertz CT molecular complexity index is 142. The van der Waals surface area contributed by atoms with Crippen molar-refractivity contribution in [1.82, 2.24) is 0 Å². The molecule has 10 heavy (non-hydrogen) atoms. The predicted octanol–water partition coefficient (Wildman–Crippen LogP) is 0.0323. The van der Waals surface area contributed by atoms with Gasteiger partial charge in [0.25, 0.3) is 0 Å². The molecule has 0 aromatic heterocycles. The summed E-state index contributed by atoms with van der Waals surface area (Å²) in [6.45, 7) is 1.71. The van der Waals surface area contributed by atoms with Crippen molar-refractivity contribution in [3.8, 4) is 0 Å². The van der Waals surface area contributed by atoms with E-state index >= 15 is 0 Å². The lowest BCUT2D eigenvalue weighted by atomic mass is 10.1. The molecule has 0 aliphatic carbocycles. The molecule has 2 N–H and O–H groups in total. The smallest absolute Gasteiger partial charge is 0.122 e. The summed E-state index contributed by atoms with van der Waals surface area (Å²) in [5.74, 6) is 0.567. The lowest BCUT2D eigenvalue weighted by molar-refractivity contribution is -0.0148. The maximum absolute atomic E-state index is 9.14. The zero-order valence-electron chi connectivity index (χ0n) is 5.95. The third-order valence-corrected chi connectivity index (χ3v) is 1.62. The van der Waals surface area contributed by atoms with Gasteiger partial charge in [-0.3, -0.25) is 0 Å². The molecule has 0 spiro atoms. The average Bonchev–Trinajstić information content (AvgIpc) is 1.95. The van der Waals surface area contributed by atoms with Gasteiger partial charge in [-0.15, -0.1) is 0 Å². The molecule has 1 aliphatic heterocycles. The largest absolute Gasteiger partial charge is 0.490 e. The summed E-state index contributed by atoms with van der Waals surface area (Å²) < 4.78 is 5.11. The molecule has 58 valence electrons. The minimum Gasteiger partial charge on any atom is -0.490 e. The average molecular weight is 144 g/mol. The van der Waals surface area contributed by atoms with Crippen molar-refractivity contribution < 1.29 is 14.9 Å². The molecular formula is C7H12O3. The number of hydrogen-bond donors (Lipinski definition) is 2. The SMILES string of the molecule is C[C@H]1OC(CO)=CC[C@H]1O. The maximum Gasteiger partial charge on any atom is 0.122 e. The third-order valence-electron chi connectivity index (χ3n) is 1.62. The molecule has 0 aromatic rings. The summed E-state index contributed by atoms with van der Waals surface area (Å²) >= 11 is 0. The van der Waals surface area contributed by atoms with Crippen LogP contribution in [0.15, 0.2) is 11.8 Å². The summed E-state index contributed by atoms with van der Waals surface area (Å²) in [5.41, 5.74) is 0. The van der Waals surface area contributed by atoms with Crippen molar-refractivity contribution in [3.63, 3.8) is 0 Å². The van der Waals surface area contributed by atoms with Gasteiger partial charge in [0.05, 0.1) is 6.10 Å². The minimum atomic E-state index is -0.421. The first-order valence-corrected chi connectivity index (χ1v) is 3.38. The van der Waals surface area contributed by atoms with E-state index in [2.05, 4.69) is 0 Å². The Kier molecular flexibility index (Phi) is 2.29. The highest BCUT2D eigenvalue weighted by Crippen LogP contribution is 2.15. The molecule has 0 saturated carbocycles. The fourth-order valence-electron chi connectivity index (χ4n) is 0.911. The Balaban J connectivity index is 2.52. The zero-order chi connectivity index (χ0) is 7.56. The highest BCUT2D eigenvalue weighted by Gasteiger charge is 2.19. The van der Waals surface area contributed by atoms with Crippen molar-refractivity contribution in [2.75, 3.05) is 6.61 Å². The van der Waals surface area contributed by atoms with E-state index in [4.69, 9.17) is 14.9 Å². The Hall–Kier alpha value is -0.540. The monoisotopic (exact) mass is 144 g/mol. The molecule has 0 fully saturated rings. The van der Waals surface area contributed by atoms with Crippen LogP contribution in [0.4, 0.5) is 0 Å². The Labute approximate surface area is 59.9 Å². The summed E-state index contributed by atoms with van der Waals surface area (Å²) in [6, 6.07) is 0. The van der Waals surface area contributed by atoms with Crippen LogP contribution in [0.5, 0.6) is 0 Å². The fourth-order valence-corrected chi connectivity index (χ4v) is 0.911. The second-order valence-electron chi connectivity index (χ2n) is 2.45. The van der Waals surface area contributed by atoms with Gasteiger partial charge in [0, 0.05) is 0 Å². The van der Waals surface area contributed by atoms with Gasteiger partial charge in [-0.25, -0.2) is 0 Å². The maximum atomic E-state index is 9.14. The third kappa shape index (κ3) is 1.49. The molecule has 1 aliphatic rings. The van der Waals surface area contributed by atoms with Gasteiger partial charge in [0.1, 0.15) is 18.5 Å². The molecule has 0 unspecified atom stereocenters. The van der Waals surface area contributed by atoms with Gasteiger partial charge in [0.15, 0.2) is 0 Å². The minimum absolute atomic E-state index is 0.0724. The van der Waals surface area contributed by atoms with E-state index < -0.39 is 6.10 Å². The second-order valence-corrected chi connectivity index (χ2v) is 2.45. The first-order chi connectivity index (χ1) is 4.74. The first kappa shape index (κ1) is 7.57. The topological polar surface area (TPSA) is 49.7 Å². The first-order valence-electron chi connectivity index (χ1n) is 3.38. The van der Waals surface area contributed by atoms with E-state index in [0.29, 0.717) is 12.2 Å². The van der Waals surface area contributed by atoms with Crippen molar-refractivity contribution in [1.29, 1.82) is 0 Å². The van der Waals surface area contributed by atoms with Crippen LogP contribution in [-0.2, 0) is 4.74 Å². The second kappa shape index (κ2) is 3.03. The van der Waals surface area contributed by atoms with E-state index in [1.165, 1.54) is 0 Å². The summed E-state index contributed by atoms with van der Waals surface area (Å²) in [4.78, 5) is 0. The molecule has 2 atom stereocenters. The molecule has 1 heterocycles. The van der Waals surface area contributed by atoms with Crippen LogP contribution in [0.1, 0.15) is 13.3 Å². The van der Waals surface area contributed by atoms with Crippen LogP contribution < -0.4 is 0 Å². The Morgan fingerprint density at radius 2 is 2.50 bits per heavy atom. The molecule has 0 saturated heterocycles. The predicted molar refractivity (Wildman–Crippen MR) is 36.3 cm³/mol. The van der Waals surface area contributed by atoms with E-state index in [-0.39, 0.29) is 12.7 Å². The summed E-state index contributed by atoms with van der Waals surface area (Å²) in [7, 11) is 0. The van der Waals surface area contributed by atoms with E-state index in [9.17, 15) is 0 Å². The van der Waals surface area contributed by atoms with E-state index in [1.54, 1.807) is 13.0 Å². The van der Waals surface area contributed by atoms with Crippen LogP contribution in [0, 0.1) is 0 Å². The molecule has 0 aromatic carbocycles. The number of hydrogen-bond acceptors (Lipinski definition) is 3.